The summed E-state index contributed by atoms with van der Waals surface area (Å²) in [6, 6.07) is 11.0. The normalized spacial score (nSPS) is 12.8. The number of carbonyl (C=O) groups excluding carboxylic acids is 3. The van der Waals surface area contributed by atoms with Crippen molar-refractivity contribution < 1.29 is 19.1 Å². The molecule has 2 aromatic rings. The lowest BCUT2D eigenvalue weighted by Crippen LogP contribution is -2.49. The Labute approximate surface area is 158 Å². The molecule has 0 unspecified atom stereocenters. The first-order valence-corrected chi connectivity index (χ1v) is 8.27. The summed E-state index contributed by atoms with van der Waals surface area (Å²) in [6.07, 6.45) is 0. The Morgan fingerprint density at radius 2 is 1.85 bits per heavy atom. The van der Waals surface area contributed by atoms with E-state index in [0.29, 0.717) is 21.5 Å². The quantitative estimate of drug-likeness (QED) is 0.782. The highest BCUT2D eigenvalue weighted by Crippen LogP contribution is 2.34. The molecule has 9 heteroatoms. The van der Waals surface area contributed by atoms with Gasteiger partial charge in [-0.2, -0.15) is 0 Å². The molecule has 0 spiro atoms. The summed E-state index contributed by atoms with van der Waals surface area (Å²) in [5.74, 6) is -1.06. The lowest BCUT2D eigenvalue weighted by molar-refractivity contribution is -0.125. The van der Waals surface area contributed by atoms with E-state index in [1.807, 2.05) is 0 Å². The van der Waals surface area contributed by atoms with Gasteiger partial charge in [0.1, 0.15) is 12.3 Å². The van der Waals surface area contributed by atoms with E-state index in [0.717, 1.165) is 0 Å². The van der Waals surface area contributed by atoms with Crippen LogP contribution in [0.4, 0.5) is 5.69 Å². The Bertz CT molecular complexity index is 888. The molecule has 0 saturated carbocycles. The fourth-order valence-electron chi connectivity index (χ4n) is 2.36. The molecule has 0 radical (unpaired) electrons. The summed E-state index contributed by atoms with van der Waals surface area (Å²) < 4.78 is 5.31. The number of nitrogens with zero attached hydrogens (tertiary/aromatic N) is 1. The molecule has 0 aliphatic carbocycles. The first-order chi connectivity index (χ1) is 12.4. The predicted molar refractivity (Wildman–Crippen MR) is 96.4 cm³/mol. The number of hydrogen-bond acceptors (Lipinski definition) is 4. The second-order valence-corrected chi connectivity index (χ2v) is 6.27. The van der Waals surface area contributed by atoms with Crippen LogP contribution in [0.15, 0.2) is 42.5 Å². The van der Waals surface area contributed by atoms with Gasteiger partial charge in [0.25, 0.3) is 17.7 Å². The van der Waals surface area contributed by atoms with E-state index in [2.05, 4.69) is 10.9 Å². The van der Waals surface area contributed by atoms with Gasteiger partial charge in [-0.3, -0.25) is 30.1 Å². The third-order valence-corrected chi connectivity index (χ3v) is 4.04. The van der Waals surface area contributed by atoms with Gasteiger partial charge in [-0.25, -0.2) is 0 Å². The topological polar surface area (TPSA) is 87.7 Å². The van der Waals surface area contributed by atoms with Crippen LogP contribution in [0, 0.1) is 0 Å². The number of rotatable bonds is 3. The molecular weight excluding hydrogens is 381 g/mol. The van der Waals surface area contributed by atoms with Crippen molar-refractivity contribution in [3.8, 4) is 5.75 Å². The van der Waals surface area contributed by atoms with Gasteiger partial charge in [0.2, 0.25) is 0 Å². The molecule has 1 aliphatic heterocycles. The fourth-order valence-corrected chi connectivity index (χ4v) is 2.72. The SMILES string of the molecule is O=C(CN1C(=O)COc2ccc(Cl)cc21)NNC(=O)c1cccc(Cl)c1. The van der Waals surface area contributed by atoms with Gasteiger partial charge in [0.05, 0.1) is 5.69 Å². The van der Waals surface area contributed by atoms with Gasteiger partial charge in [-0.15, -0.1) is 0 Å². The molecule has 3 rings (SSSR count). The van der Waals surface area contributed by atoms with Crippen LogP contribution in [-0.4, -0.2) is 30.9 Å². The average Bonchev–Trinajstić information content (AvgIpc) is 2.62. The maximum atomic E-state index is 12.1. The summed E-state index contributed by atoms with van der Waals surface area (Å²) in [5.41, 5.74) is 5.22. The van der Waals surface area contributed by atoms with Gasteiger partial charge >= 0.3 is 0 Å². The predicted octanol–water partition coefficient (Wildman–Crippen LogP) is 2.18. The van der Waals surface area contributed by atoms with Crippen LogP contribution < -0.4 is 20.5 Å². The van der Waals surface area contributed by atoms with E-state index in [-0.39, 0.29) is 18.7 Å². The highest BCUT2D eigenvalue weighted by molar-refractivity contribution is 6.31. The Morgan fingerprint density at radius 1 is 1.08 bits per heavy atom. The smallest absolute Gasteiger partial charge is 0.269 e. The van der Waals surface area contributed by atoms with Crippen LogP contribution in [0.1, 0.15) is 10.4 Å². The third-order valence-electron chi connectivity index (χ3n) is 3.57. The van der Waals surface area contributed by atoms with Crippen molar-refractivity contribution in [2.75, 3.05) is 18.1 Å². The van der Waals surface area contributed by atoms with Crippen LogP contribution in [-0.2, 0) is 9.59 Å². The monoisotopic (exact) mass is 393 g/mol. The van der Waals surface area contributed by atoms with Crippen molar-refractivity contribution in [3.05, 3.63) is 58.1 Å². The van der Waals surface area contributed by atoms with Crippen LogP contribution >= 0.6 is 23.2 Å². The number of hydrazine groups is 1. The standard InChI is InChI=1S/C17H13Cl2N3O4/c18-11-3-1-2-10(6-11)17(25)21-20-15(23)8-22-13-7-12(19)4-5-14(13)26-9-16(22)24/h1-7H,8-9H2,(H,20,23)(H,21,25). The van der Waals surface area contributed by atoms with E-state index in [1.54, 1.807) is 30.3 Å². The number of carbonyl (C=O) groups is 3. The summed E-state index contributed by atoms with van der Waals surface area (Å²) in [5, 5.41) is 0.804. The van der Waals surface area contributed by atoms with Crippen LogP contribution in [0.3, 0.4) is 0 Å². The zero-order valence-corrected chi connectivity index (χ0v) is 14.8. The molecular formula is C17H13Cl2N3O4. The minimum atomic E-state index is -0.582. The highest BCUT2D eigenvalue weighted by atomic mass is 35.5. The summed E-state index contributed by atoms with van der Waals surface area (Å²) in [4.78, 5) is 37.5. The lowest BCUT2D eigenvalue weighted by atomic mass is 10.2. The Hall–Kier alpha value is -2.77. The van der Waals surface area contributed by atoms with Gasteiger partial charge in [0.15, 0.2) is 6.61 Å². The van der Waals surface area contributed by atoms with E-state index in [4.69, 9.17) is 27.9 Å². The van der Waals surface area contributed by atoms with Gasteiger partial charge in [0, 0.05) is 15.6 Å². The summed E-state index contributed by atoms with van der Waals surface area (Å²) >= 11 is 11.8. The molecule has 1 heterocycles. The van der Waals surface area contributed by atoms with E-state index in [9.17, 15) is 14.4 Å². The van der Waals surface area contributed by atoms with Crippen molar-refractivity contribution >= 4 is 46.6 Å². The van der Waals surface area contributed by atoms with Crippen molar-refractivity contribution in [3.63, 3.8) is 0 Å². The molecule has 2 aromatic carbocycles. The second kappa shape index (κ2) is 7.63. The van der Waals surface area contributed by atoms with E-state index >= 15 is 0 Å². The highest BCUT2D eigenvalue weighted by Gasteiger charge is 2.27. The molecule has 1 aliphatic rings. The Morgan fingerprint density at radius 3 is 2.62 bits per heavy atom. The molecule has 134 valence electrons. The number of halogens is 2. The van der Waals surface area contributed by atoms with Crippen molar-refractivity contribution in [1.29, 1.82) is 0 Å². The third kappa shape index (κ3) is 4.07. The summed E-state index contributed by atoms with van der Waals surface area (Å²) in [7, 11) is 0. The number of anilines is 1. The van der Waals surface area contributed by atoms with E-state index < -0.39 is 17.7 Å². The summed E-state index contributed by atoms with van der Waals surface area (Å²) in [6.45, 7) is -0.484. The molecule has 0 aromatic heterocycles. The van der Waals surface area contributed by atoms with Gasteiger partial charge in [-0.05, 0) is 36.4 Å². The van der Waals surface area contributed by atoms with Crippen molar-refractivity contribution in [1.82, 2.24) is 10.9 Å². The molecule has 2 N–H and O–H groups in total. The fraction of sp³-hybridized carbons (Fsp3) is 0.118. The number of amides is 3. The van der Waals surface area contributed by atoms with Crippen molar-refractivity contribution in [2.24, 2.45) is 0 Å². The van der Waals surface area contributed by atoms with Crippen molar-refractivity contribution in [2.45, 2.75) is 0 Å². The molecule has 7 nitrogen and oxygen atoms in total. The molecule has 0 fully saturated rings. The lowest BCUT2D eigenvalue weighted by Gasteiger charge is -2.28. The minimum Gasteiger partial charge on any atom is -0.482 e. The number of ether oxygens (including phenoxy) is 1. The van der Waals surface area contributed by atoms with Gasteiger partial charge < -0.3 is 4.74 Å². The maximum Gasteiger partial charge on any atom is 0.269 e. The Kier molecular flexibility index (Phi) is 5.29. The zero-order chi connectivity index (χ0) is 18.7. The molecule has 0 saturated heterocycles. The molecule has 26 heavy (non-hydrogen) atoms. The number of hydrogen-bond donors (Lipinski definition) is 2. The first-order valence-electron chi connectivity index (χ1n) is 7.51. The zero-order valence-electron chi connectivity index (χ0n) is 13.3. The van der Waals surface area contributed by atoms with Crippen LogP contribution in [0.2, 0.25) is 10.0 Å². The van der Waals surface area contributed by atoms with Crippen LogP contribution in [0.5, 0.6) is 5.75 Å². The average molecular weight is 394 g/mol. The molecule has 0 bridgehead atoms. The largest absolute Gasteiger partial charge is 0.482 e. The first kappa shape index (κ1) is 18.0. The number of fused-ring (bicyclic) bond motifs is 1. The number of benzene rings is 2. The molecule has 0 atom stereocenters. The second-order valence-electron chi connectivity index (χ2n) is 5.39. The number of nitrogens with one attached hydrogen (secondary N) is 2. The van der Waals surface area contributed by atoms with Gasteiger partial charge in [-0.1, -0.05) is 29.3 Å². The maximum absolute atomic E-state index is 12.1. The molecule has 3 amide bonds. The Balaban J connectivity index is 1.64. The minimum absolute atomic E-state index is 0.184. The van der Waals surface area contributed by atoms with Crippen LogP contribution in [0.25, 0.3) is 0 Å². The van der Waals surface area contributed by atoms with E-state index in [1.165, 1.54) is 17.0 Å².